The zero-order valence-electron chi connectivity index (χ0n) is 20.7. The van der Waals surface area contributed by atoms with Gasteiger partial charge in [-0.25, -0.2) is 9.97 Å². The smallest absolute Gasteiger partial charge is 0.416 e. The summed E-state index contributed by atoms with van der Waals surface area (Å²) in [6.07, 6.45) is -4.48. The van der Waals surface area contributed by atoms with E-state index in [9.17, 15) is 27.6 Å². The van der Waals surface area contributed by atoms with Crippen molar-refractivity contribution in [3.05, 3.63) is 82.1 Å². The van der Waals surface area contributed by atoms with Crippen molar-refractivity contribution in [1.29, 1.82) is 0 Å². The molecule has 2 N–H and O–H groups in total. The van der Waals surface area contributed by atoms with Crippen molar-refractivity contribution in [2.45, 2.75) is 19.6 Å². The molecule has 0 atom stereocenters. The number of pyridine rings is 1. The fraction of sp³-hybridized carbons (Fsp3) is 0.192. The number of halogens is 3. The van der Waals surface area contributed by atoms with Crippen LogP contribution in [-0.2, 0) is 27.0 Å². The van der Waals surface area contributed by atoms with E-state index >= 15 is 0 Å². The summed E-state index contributed by atoms with van der Waals surface area (Å²) in [5, 5.41) is 2.91. The minimum atomic E-state index is -4.48. The number of hydrogen-bond acceptors (Lipinski definition) is 8. The molecule has 0 aliphatic carbocycles. The Hall–Kier alpha value is -4.94. The Bertz CT molecular complexity index is 1590. The van der Waals surface area contributed by atoms with E-state index in [2.05, 4.69) is 20.7 Å². The highest BCUT2D eigenvalue weighted by Crippen LogP contribution is 2.29. The minimum Gasteiger partial charge on any atom is -0.497 e. The van der Waals surface area contributed by atoms with E-state index in [0.717, 1.165) is 23.7 Å². The Morgan fingerprint density at radius 3 is 2.44 bits per heavy atom. The summed E-state index contributed by atoms with van der Waals surface area (Å²) in [6, 6.07) is 14.4. The van der Waals surface area contributed by atoms with Crippen molar-refractivity contribution >= 4 is 28.9 Å². The SMILES string of the molecule is COc1ccc(-c2nc3ccc(NCc4cccc(C(F)(F)F)c4)nc3n(NC(=O)COC(C)=O)c2=O)cc1. The largest absolute Gasteiger partial charge is 0.497 e. The number of rotatable bonds is 8. The molecule has 2 aromatic carbocycles. The number of methoxy groups -OCH3 is 1. The van der Waals surface area contributed by atoms with Gasteiger partial charge in [0.25, 0.3) is 11.5 Å². The molecule has 39 heavy (non-hydrogen) atoms. The lowest BCUT2D eigenvalue weighted by molar-refractivity contribution is -0.145. The number of amides is 1. The van der Waals surface area contributed by atoms with Crippen LogP contribution >= 0.6 is 0 Å². The number of benzene rings is 2. The van der Waals surface area contributed by atoms with Crippen LogP contribution in [0, 0.1) is 0 Å². The molecule has 0 fully saturated rings. The number of esters is 1. The summed E-state index contributed by atoms with van der Waals surface area (Å²) in [6.45, 7) is 0.493. The molecule has 0 spiro atoms. The van der Waals surface area contributed by atoms with Gasteiger partial charge in [0.1, 0.15) is 22.8 Å². The standard InChI is InChI=1S/C26H22F3N5O5/c1-15(35)39-14-22(36)33-34-24-20(31-23(25(34)37)17-6-8-19(38-2)9-7-17)10-11-21(32-24)30-13-16-4-3-5-18(12-16)26(27,28)29/h3-12H,13-14H2,1-2H3,(H,30,32)(H,33,36). The number of fused-ring (bicyclic) bond motifs is 1. The third-order valence-electron chi connectivity index (χ3n) is 5.44. The summed E-state index contributed by atoms with van der Waals surface area (Å²) in [4.78, 5) is 45.7. The number of carbonyl (C=O) groups is 2. The first-order valence-electron chi connectivity index (χ1n) is 11.5. The first kappa shape index (κ1) is 27.1. The Morgan fingerprint density at radius 1 is 1.03 bits per heavy atom. The highest BCUT2D eigenvalue weighted by atomic mass is 19.4. The average Bonchev–Trinajstić information content (AvgIpc) is 2.92. The van der Waals surface area contributed by atoms with Crippen LogP contribution in [0.4, 0.5) is 19.0 Å². The molecule has 4 rings (SSSR count). The fourth-order valence-corrected chi connectivity index (χ4v) is 3.58. The van der Waals surface area contributed by atoms with Gasteiger partial charge in [0, 0.05) is 19.0 Å². The first-order chi connectivity index (χ1) is 18.5. The predicted molar refractivity (Wildman–Crippen MR) is 136 cm³/mol. The van der Waals surface area contributed by atoms with E-state index in [4.69, 9.17) is 9.47 Å². The molecule has 2 aromatic heterocycles. The lowest BCUT2D eigenvalue weighted by atomic mass is 10.1. The Morgan fingerprint density at radius 2 is 1.77 bits per heavy atom. The second-order valence-corrected chi connectivity index (χ2v) is 8.24. The number of alkyl halides is 3. The van der Waals surface area contributed by atoms with Crippen molar-refractivity contribution in [3.63, 3.8) is 0 Å². The van der Waals surface area contributed by atoms with Gasteiger partial charge in [-0.15, -0.1) is 0 Å². The van der Waals surface area contributed by atoms with Crippen molar-refractivity contribution < 1.29 is 32.2 Å². The molecular formula is C26H22F3N5O5. The molecule has 0 aliphatic rings. The molecule has 202 valence electrons. The highest BCUT2D eigenvalue weighted by molar-refractivity contribution is 5.88. The summed E-state index contributed by atoms with van der Waals surface area (Å²) >= 11 is 0. The number of hydrogen-bond donors (Lipinski definition) is 2. The summed E-state index contributed by atoms with van der Waals surface area (Å²) < 4.78 is 49.9. The quantitative estimate of drug-likeness (QED) is 0.324. The summed E-state index contributed by atoms with van der Waals surface area (Å²) in [5.41, 5.74) is 1.87. The predicted octanol–water partition coefficient (Wildman–Crippen LogP) is 3.73. The third-order valence-corrected chi connectivity index (χ3v) is 5.44. The topological polar surface area (TPSA) is 124 Å². The molecule has 13 heteroatoms. The van der Waals surface area contributed by atoms with Gasteiger partial charge in [-0.3, -0.25) is 19.8 Å². The van der Waals surface area contributed by atoms with E-state index < -0.39 is 35.8 Å². The van der Waals surface area contributed by atoms with E-state index in [1.807, 2.05) is 0 Å². The van der Waals surface area contributed by atoms with Crippen LogP contribution in [0.15, 0.2) is 65.5 Å². The zero-order chi connectivity index (χ0) is 28.2. The number of nitrogens with one attached hydrogen (secondary N) is 2. The van der Waals surface area contributed by atoms with Gasteiger partial charge in [0.05, 0.1) is 12.7 Å². The lowest BCUT2D eigenvalue weighted by Gasteiger charge is -2.14. The summed E-state index contributed by atoms with van der Waals surface area (Å²) in [5.74, 6) is -0.714. The molecule has 0 bridgehead atoms. The molecule has 0 saturated heterocycles. The molecule has 0 saturated carbocycles. The number of anilines is 1. The van der Waals surface area contributed by atoms with Crippen LogP contribution in [0.2, 0.25) is 0 Å². The molecular weight excluding hydrogens is 519 g/mol. The Labute approximate surface area is 219 Å². The molecule has 0 unspecified atom stereocenters. The van der Waals surface area contributed by atoms with E-state index in [1.165, 1.54) is 31.4 Å². The monoisotopic (exact) mass is 541 g/mol. The number of aromatic nitrogens is 3. The number of ether oxygens (including phenoxy) is 2. The van der Waals surface area contributed by atoms with Crippen LogP contribution < -0.4 is 21.0 Å². The zero-order valence-corrected chi connectivity index (χ0v) is 20.7. The lowest BCUT2D eigenvalue weighted by Crippen LogP contribution is -2.37. The van der Waals surface area contributed by atoms with Crippen molar-refractivity contribution in [2.24, 2.45) is 0 Å². The molecule has 0 aliphatic heterocycles. The van der Waals surface area contributed by atoms with Crippen molar-refractivity contribution in [3.8, 4) is 17.0 Å². The molecule has 10 nitrogen and oxygen atoms in total. The number of nitrogens with zero attached hydrogens (tertiary/aromatic N) is 3. The Kier molecular flexibility index (Phi) is 7.79. The van der Waals surface area contributed by atoms with Gasteiger partial charge in [-0.2, -0.15) is 17.8 Å². The maximum atomic E-state index is 13.4. The van der Waals surface area contributed by atoms with Gasteiger partial charge in [0.2, 0.25) is 0 Å². The van der Waals surface area contributed by atoms with E-state index in [1.54, 1.807) is 24.3 Å². The third kappa shape index (κ3) is 6.50. The summed E-state index contributed by atoms with van der Waals surface area (Å²) in [7, 11) is 1.50. The van der Waals surface area contributed by atoms with Crippen LogP contribution in [0.5, 0.6) is 5.75 Å². The van der Waals surface area contributed by atoms with Crippen LogP contribution in [0.25, 0.3) is 22.4 Å². The van der Waals surface area contributed by atoms with Crippen LogP contribution in [0.3, 0.4) is 0 Å². The first-order valence-corrected chi connectivity index (χ1v) is 11.5. The normalized spacial score (nSPS) is 11.2. The van der Waals surface area contributed by atoms with Gasteiger partial charge >= 0.3 is 12.1 Å². The number of carbonyl (C=O) groups excluding carboxylic acids is 2. The van der Waals surface area contributed by atoms with Gasteiger partial charge in [0.15, 0.2) is 12.3 Å². The second-order valence-electron chi connectivity index (χ2n) is 8.24. The highest BCUT2D eigenvalue weighted by Gasteiger charge is 2.30. The van der Waals surface area contributed by atoms with E-state index in [-0.39, 0.29) is 29.2 Å². The van der Waals surface area contributed by atoms with Gasteiger partial charge in [-0.05, 0) is 54.1 Å². The average molecular weight is 541 g/mol. The van der Waals surface area contributed by atoms with Gasteiger partial charge in [-0.1, -0.05) is 12.1 Å². The maximum Gasteiger partial charge on any atom is 0.416 e. The molecule has 0 radical (unpaired) electrons. The van der Waals surface area contributed by atoms with Crippen LogP contribution in [-0.4, -0.2) is 40.2 Å². The maximum absolute atomic E-state index is 13.4. The minimum absolute atomic E-state index is 0.00281. The van der Waals surface area contributed by atoms with Crippen molar-refractivity contribution in [1.82, 2.24) is 14.6 Å². The second kappa shape index (κ2) is 11.2. The molecule has 1 amide bonds. The Balaban J connectivity index is 1.71. The molecule has 4 aromatic rings. The van der Waals surface area contributed by atoms with Gasteiger partial charge < -0.3 is 14.8 Å². The van der Waals surface area contributed by atoms with E-state index in [0.29, 0.717) is 16.9 Å². The van der Waals surface area contributed by atoms with Crippen molar-refractivity contribution in [2.75, 3.05) is 24.5 Å². The molecule has 2 heterocycles. The van der Waals surface area contributed by atoms with Crippen LogP contribution in [0.1, 0.15) is 18.1 Å². The fourth-order valence-electron chi connectivity index (χ4n) is 3.58.